The van der Waals surface area contributed by atoms with Gasteiger partial charge in [-0.1, -0.05) is 6.07 Å². The summed E-state index contributed by atoms with van der Waals surface area (Å²) in [4.78, 5) is 4.11. The summed E-state index contributed by atoms with van der Waals surface area (Å²) in [7, 11) is 0. The van der Waals surface area contributed by atoms with Gasteiger partial charge in [0.1, 0.15) is 17.5 Å². The van der Waals surface area contributed by atoms with Crippen molar-refractivity contribution in [1.29, 1.82) is 5.26 Å². The van der Waals surface area contributed by atoms with Crippen LogP contribution in [0.15, 0.2) is 18.3 Å². The van der Waals surface area contributed by atoms with Gasteiger partial charge in [0.15, 0.2) is 5.69 Å². The molecule has 0 saturated heterocycles. The Balaban J connectivity index is 2.94. The van der Waals surface area contributed by atoms with Gasteiger partial charge in [-0.2, -0.15) is 5.26 Å². The molecule has 0 bridgehead atoms. The van der Waals surface area contributed by atoms with Crippen LogP contribution in [-0.2, 0) is 0 Å². The number of nitrogens with two attached hydrogens (primary N) is 1. The Morgan fingerprint density at radius 2 is 2.38 bits per heavy atom. The third-order valence-corrected chi connectivity index (χ3v) is 1.99. The number of nitrogens with zero attached hydrogens (tertiary/aromatic N) is 3. The van der Waals surface area contributed by atoms with E-state index in [1.807, 2.05) is 25.1 Å². The molecule has 2 N–H and O–H groups in total. The number of imidazole rings is 1. The molecule has 0 aliphatic carbocycles. The number of nitriles is 1. The first kappa shape index (κ1) is 7.62. The Morgan fingerprint density at radius 1 is 1.62 bits per heavy atom. The zero-order valence-electron chi connectivity index (χ0n) is 7.15. The van der Waals surface area contributed by atoms with Crippen LogP contribution in [-0.4, -0.2) is 9.38 Å². The first-order valence-corrected chi connectivity index (χ1v) is 3.87. The van der Waals surface area contributed by atoms with E-state index in [2.05, 4.69) is 4.98 Å². The first-order valence-electron chi connectivity index (χ1n) is 3.87. The summed E-state index contributed by atoms with van der Waals surface area (Å²) >= 11 is 0. The van der Waals surface area contributed by atoms with Gasteiger partial charge in [0.05, 0.1) is 0 Å². The van der Waals surface area contributed by atoms with E-state index in [-0.39, 0.29) is 5.69 Å². The van der Waals surface area contributed by atoms with Gasteiger partial charge >= 0.3 is 0 Å². The van der Waals surface area contributed by atoms with Gasteiger partial charge < -0.3 is 5.73 Å². The Morgan fingerprint density at radius 3 is 3.00 bits per heavy atom. The Bertz CT molecular complexity index is 504. The van der Waals surface area contributed by atoms with Crippen molar-refractivity contribution < 1.29 is 0 Å². The molecule has 0 aliphatic rings. The van der Waals surface area contributed by atoms with Gasteiger partial charge in [-0.15, -0.1) is 0 Å². The Kier molecular flexibility index (Phi) is 1.46. The Hall–Kier alpha value is -2.02. The molecule has 2 aromatic heterocycles. The highest BCUT2D eigenvalue weighted by Gasteiger charge is 2.08. The summed E-state index contributed by atoms with van der Waals surface area (Å²) < 4.78 is 1.72. The highest BCUT2D eigenvalue weighted by molar-refractivity contribution is 5.60. The maximum atomic E-state index is 8.70. The predicted molar refractivity (Wildman–Crippen MR) is 49.1 cm³/mol. The lowest BCUT2D eigenvalue weighted by Crippen LogP contribution is -1.94. The van der Waals surface area contributed by atoms with Crippen molar-refractivity contribution in [2.75, 3.05) is 5.73 Å². The van der Waals surface area contributed by atoms with Gasteiger partial charge in [0, 0.05) is 6.20 Å². The molecule has 2 heterocycles. The van der Waals surface area contributed by atoms with Crippen molar-refractivity contribution in [1.82, 2.24) is 9.38 Å². The van der Waals surface area contributed by atoms with Crippen LogP contribution in [0, 0.1) is 18.3 Å². The summed E-state index contributed by atoms with van der Waals surface area (Å²) in [5.74, 6) is 0.404. The lowest BCUT2D eigenvalue weighted by molar-refractivity contribution is 1.17. The minimum atomic E-state index is 0.286. The fraction of sp³-hybridized carbons (Fsp3) is 0.111. The highest BCUT2D eigenvalue weighted by atomic mass is 15.1. The molecule has 13 heavy (non-hydrogen) atoms. The van der Waals surface area contributed by atoms with E-state index < -0.39 is 0 Å². The second-order valence-corrected chi connectivity index (χ2v) is 2.84. The summed E-state index contributed by atoms with van der Waals surface area (Å²) in [6.07, 6.45) is 1.80. The number of aromatic nitrogens is 2. The van der Waals surface area contributed by atoms with Crippen molar-refractivity contribution >= 4 is 11.5 Å². The molecule has 2 aromatic rings. The molecule has 4 nitrogen and oxygen atoms in total. The number of nitrogen functional groups attached to an aromatic ring is 1. The standard InChI is InChI=1S/C9H8N4/c1-6-3-2-4-13-8(11)7(5-10)12-9(6)13/h2-4H,11H2,1H3. The third kappa shape index (κ3) is 0.942. The van der Waals surface area contributed by atoms with Crippen molar-refractivity contribution in [2.45, 2.75) is 6.92 Å². The number of rotatable bonds is 0. The minimum Gasteiger partial charge on any atom is -0.382 e. The van der Waals surface area contributed by atoms with Crippen LogP contribution < -0.4 is 5.73 Å². The minimum absolute atomic E-state index is 0.286. The summed E-state index contributed by atoms with van der Waals surface area (Å²) in [5.41, 5.74) is 7.74. The fourth-order valence-corrected chi connectivity index (χ4v) is 1.30. The molecule has 0 aromatic carbocycles. The largest absolute Gasteiger partial charge is 0.382 e. The van der Waals surface area contributed by atoms with Gasteiger partial charge in [-0.05, 0) is 18.6 Å². The zero-order valence-corrected chi connectivity index (χ0v) is 7.15. The van der Waals surface area contributed by atoms with Gasteiger partial charge in [-0.3, -0.25) is 4.40 Å². The summed E-state index contributed by atoms with van der Waals surface area (Å²) in [6, 6.07) is 5.76. The number of fused-ring (bicyclic) bond motifs is 1. The summed E-state index contributed by atoms with van der Waals surface area (Å²) in [6.45, 7) is 1.93. The second-order valence-electron chi connectivity index (χ2n) is 2.84. The van der Waals surface area contributed by atoms with Crippen LogP contribution in [0.1, 0.15) is 11.3 Å². The normalized spacial score (nSPS) is 10.2. The molecule has 0 spiro atoms. The number of aryl methyl sites for hydroxylation is 1. The number of hydrogen-bond acceptors (Lipinski definition) is 3. The number of hydrogen-bond donors (Lipinski definition) is 1. The van der Waals surface area contributed by atoms with Crippen molar-refractivity contribution in [3.63, 3.8) is 0 Å². The van der Waals surface area contributed by atoms with Crippen molar-refractivity contribution in [2.24, 2.45) is 0 Å². The lowest BCUT2D eigenvalue weighted by Gasteiger charge is -1.96. The first-order chi connectivity index (χ1) is 6.24. The molecule has 0 radical (unpaired) electrons. The smallest absolute Gasteiger partial charge is 0.183 e. The maximum absolute atomic E-state index is 8.70. The topological polar surface area (TPSA) is 67.1 Å². The zero-order chi connectivity index (χ0) is 9.42. The number of pyridine rings is 1. The van der Waals surface area contributed by atoms with E-state index in [1.165, 1.54) is 0 Å². The van der Waals surface area contributed by atoms with E-state index >= 15 is 0 Å². The molecule has 0 saturated carbocycles. The highest BCUT2D eigenvalue weighted by Crippen LogP contribution is 2.16. The van der Waals surface area contributed by atoms with Crippen LogP contribution >= 0.6 is 0 Å². The molecule has 2 rings (SSSR count). The van der Waals surface area contributed by atoms with Crippen molar-refractivity contribution in [3.8, 4) is 6.07 Å². The average molecular weight is 172 g/mol. The monoisotopic (exact) mass is 172 g/mol. The molecular weight excluding hydrogens is 164 g/mol. The average Bonchev–Trinajstić information content (AvgIpc) is 2.45. The van der Waals surface area contributed by atoms with E-state index in [0.29, 0.717) is 5.82 Å². The van der Waals surface area contributed by atoms with Crippen molar-refractivity contribution in [3.05, 3.63) is 29.6 Å². The Labute approximate surface area is 75.2 Å². The molecule has 0 aliphatic heterocycles. The van der Waals surface area contributed by atoms with Crippen LogP contribution in [0.2, 0.25) is 0 Å². The van der Waals surface area contributed by atoms with Crippen LogP contribution in [0.3, 0.4) is 0 Å². The molecule has 0 amide bonds. The van der Waals surface area contributed by atoms with E-state index in [9.17, 15) is 0 Å². The SMILES string of the molecule is Cc1cccn2c(N)c(C#N)nc12. The second kappa shape index (κ2) is 2.49. The van der Waals surface area contributed by atoms with Crippen LogP contribution in [0.25, 0.3) is 5.65 Å². The van der Waals surface area contributed by atoms with E-state index in [0.717, 1.165) is 11.2 Å². The van der Waals surface area contributed by atoms with E-state index in [4.69, 9.17) is 11.0 Å². The van der Waals surface area contributed by atoms with Gasteiger partial charge in [0.25, 0.3) is 0 Å². The molecule has 0 unspecified atom stereocenters. The third-order valence-electron chi connectivity index (χ3n) is 1.99. The fourth-order valence-electron chi connectivity index (χ4n) is 1.30. The predicted octanol–water partition coefficient (Wildman–Crippen LogP) is 1.10. The maximum Gasteiger partial charge on any atom is 0.183 e. The molecule has 0 atom stereocenters. The van der Waals surface area contributed by atoms with Crippen LogP contribution in [0.4, 0.5) is 5.82 Å². The quantitative estimate of drug-likeness (QED) is 0.647. The molecule has 64 valence electrons. The van der Waals surface area contributed by atoms with Gasteiger partial charge in [-0.25, -0.2) is 4.98 Å². The van der Waals surface area contributed by atoms with E-state index in [1.54, 1.807) is 10.6 Å². The number of anilines is 1. The molecule has 0 fully saturated rings. The summed E-state index contributed by atoms with van der Waals surface area (Å²) in [5, 5.41) is 8.70. The van der Waals surface area contributed by atoms with Gasteiger partial charge in [0.2, 0.25) is 0 Å². The molecule has 4 heteroatoms. The van der Waals surface area contributed by atoms with Crippen LogP contribution in [0.5, 0.6) is 0 Å². The lowest BCUT2D eigenvalue weighted by atomic mass is 10.3. The molecular formula is C9H8N4.